The Kier molecular flexibility index (Phi) is 1.04. The molecule has 0 saturated heterocycles. The lowest BCUT2D eigenvalue weighted by Gasteiger charge is -1.80. The average molecular weight is 115 g/mol. The van der Waals surface area contributed by atoms with Gasteiger partial charge in [0.05, 0.1) is 5.03 Å². The summed E-state index contributed by atoms with van der Waals surface area (Å²) in [5, 5.41) is 0.729. The third-order valence-electron chi connectivity index (χ3n) is 1.29. The molecule has 1 aliphatic carbocycles. The molecule has 2 N–H and O–H groups in total. The summed E-state index contributed by atoms with van der Waals surface area (Å²) in [5.74, 6) is 0.720. The predicted molar refractivity (Wildman–Crippen MR) is 34.0 cm³/mol. The van der Waals surface area contributed by atoms with E-state index in [4.69, 9.17) is 5.73 Å². The lowest BCUT2D eigenvalue weighted by atomic mass is 10.5. The highest BCUT2D eigenvalue weighted by molar-refractivity contribution is 7.84. The molecule has 0 aliphatic heterocycles. The molecule has 1 unspecified atom stereocenters. The molecule has 7 heavy (non-hydrogen) atoms. The van der Waals surface area contributed by atoms with E-state index in [-0.39, 0.29) is 0 Å². The summed E-state index contributed by atoms with van der Waals surface area (Å²) in [5.41, 5.74) is 6.65. The van der Waals surface area contributed by atoms with Crippen LogP contribution in [0.4, 0.5) is 0 Å². The summed E-state index contributed by atoms with van der Waals surface area (Å²) in [6, 6.07) is 0. The SMILES string of the molecule is CC1C/C1=C(\N)S. The molecule has 1 fully saturated rings. The lowest BCUT2D eigenvalue weighted by Crippen LogP contribution is -1.85. The highest BCUT2D eigenvalue weighted by atomic mass is 32.1. The van der Waals surface area contributed by atoms with Crippen LogP contribution in [-0.4, -0.2) is 0 Å². The van der Waals surface area contributed by atoms with Crippen LogP contribution in [0.15, 0.2) is 10.6 Å². The Morgan fingerprint density at radius 2 is 2.43 bits per heavy atom. The van der Waals surface area contributed by atoms with E-state index in [1.165, 1.54) is 5.57 Å². The molecule has 0 bridgehead atoms. The van der Waals surface area contributed by atoms with E-state index in [9.17, 15) is 0 Å². The first-order valence-corrected chi connectivity index (χ1v) is 2.84. The number of hydrogen-bond donors (Lipinski definition) is 2. The Morgan fingerprint density at radius 3 is 2.43 bits per heavy atom. The molecule has 1 atom stereocenters. The zero-order valence-electron chi connectivity index (χ0n) is 4.31. The Bertz CT molecular complexity index is 113. The minimum atomic E-state index is 0.720. The van der Waals surface area contributed by atoms with Crippen molar-refractivity contribution in [1.29, 1.82) is 0 Å². The van der Waals surface area contributed by atoms with Crippen LogP contribution >= 0.6 is 12.6 Å². The molecule has 1 saturated carbocycles. The van der Waals surface area contributed by atoms with Crippen LogP contribution in [0, 0.1) is 5.92 Å². The van der Waals surface area contributed by atoms with E-state index < -0.39 is 0 Å². The fourth-order valence-electron chi connectivity index (χ4n) is 0.628. The van der Waals surface area contributed by atoms with E-state index in [1.807, 2.05) is 0 Å². The first-order valence-electron chi connectivity index (χ1n) is 2.39. The standard InChI is InChI=1S/C5H9NS/c1-3-2-4(3)5(6)7/h3,7H,2,6H2,1H3/b5-4-. The summed E-state index contributed by atoms with van der Waals surface area (Å²) in [6.07, 6.45) is 1.16. The number of thiol groups is 1. The van der Waals surface area contributed by atoms with E-state index in [2.05, 4.69) is 19.6 Å². The van der Waals surface area contributed by atoms with Gasteiger partial charge in [0, 0.05) is 0 Å². The van der Waals surface area contributed by atoms with Crippen molar-refractivity contribution in [3.63, 3.8) is 0 Å². The van der Waals surface area contributed by atoms with Crippen LogP contribution in [0.5, 0.6) is 0 Å². The molecule has 0 aromatic rings. The van der Waals surface area contributed by atoms with Crippen molar-refractivity contribution in [1.82, 2.24) is 0 Å². The van der Waals surface area contributed by atoms with Crippen molar-refractivity contribution >= 4 is 12.6 Å². The van der Waals surface area contributed by atoms with Crippen LogP contribution in [0.1, 0.15) is 13.3 Å². The normalized spacial score (nSPS) is 35.4. The number of hydrogen-bond acceptors (Lipinski definition) is 2. The second-order valence-electron chi connectivity index (χ2n) is 2.02. The Balaban J connectivity index is 2.60. The van der Waals surface area contributed by atoms with Gasteiger partial charge in [-0.1, -0.05) is 6.92 Å². The van der Waals surface area contributed by atoms with Gasteiger partial charge in [-0.2, -0.15) is 0 Å². The van der Waals surface area contributed by atoms with Gasteiger partial charge in [-0.25, -0.2) is 0 Å². The van der Waals surface area contributed by atoms with E-state index in [1.54, 1.807) is 0 Å². The van der Waals surface area contributed by atoms with Crippen molar-refractivity contribution in [2.75, 3.05) is 0 Å². The van der Waals surface area contributed by atoms with Gasteiger partial charge in [-0.05, 0) is 17.9 Å². The van der Waals surface area contributed by atoms with Gasteiger partial charge in [0.15, 0.2) is 0 Å². The third-order valence-corrected chi connectivity index (χ3v) is 1.58. The van der Waals surface area contributed by atoms with Crippen LogP contribution in [0.3, 0.4) is 0 Å². The monoisotopic (exact) mass is 115 g/mol. The molecule has 1 nitrogen and oxygen atoms in total. The number of rotatable bonds is 0. The Labute approximate surface area is 49.0 Å². The maximum Gasteiger partial charge on any atom is 0.0619 e. The summed E-state index contributed by atoms with van der Waals surface area (Å²) in [4.78, 5) is 0. The van der Waals surface area contributed by atoms with Crippen LogP contribution < -0.4 is 5.73 Å². The van der Waals surface area contributed by atoms with Crippen molar-refractivity contribution < 1.29 is 0 Å². The molecule has 40 valence electrons. The molecule has 0 heterocycles. The van der Waals surface area contributed by atoms with Crippen LogP contribution in [-0.2, 0) is 0 Å². The topological polar surface area (TPSA) is 26.0 Å². The third kappa shape index (κ3) is 0.911. The summed E-state index contributed by atoms with van der Waals surface area (Å²) < 4.78 is 0. The fraction of sp³-hybridized carbons (Fsp3) is 0.600. The molecule has 1 aliphatic rings. The molecule has 0 radical (unpaired) electrons. The molecule has 0 aromatic heterocycles. The van der Waals surface area contributed by atoms with E-state index >= 15 is 0 Å². The smallest absolute Gasteiger partial charge is 0.0619 e. The highest BCUT2D eigenvalue weighted by Gasteiger charge is 2.25. The first kappa shape index (κ1) is 5.04. The minimum Gasteiger partial charge on any atom is -0.394 e. The van der Waals surface area contributed by atoms with Crippen molar-refractivity contribution in [2.24, 2.45) is 11.7 Å². The maximum absolute atomic E-state index is 5.33. The van der Waals surface area contributed by atoms with Gasteiger partial charge in [-0.15, -0.1) is 12.6 Å². The molecule has 0 aromatic carbocycles. The highest BCUT2D eigenvalue weighted by Crippen LogP contribution is 2.38. The van der Waals surface area contributed by atoms with Crippen molar-refractivity contribution in [2.45, 2.75) is 13.3 Å². The second kappa shape index (κ2) is 1.44. The van der Waals surface area contributed by atoms with Crippen molar-refractivity contribution in [3.8, 4) is 0 Å². The maximum atomic E-state index is 5.33. The fourth-order valence-corrected chi connectivity index (χ4v) is 0.940. The van der Waals surface area contributed by atoms with Gasteiger partial charge in [0.2, 0.25) is 0 Å². The van der Waals surface area contributed by atoms with Crippen molar-refractivity contribution in [3.05, 3.63) is 10.6 Å². The zero-order valence-corrected chi connectivity index (χ0v) is 5.20. The Hall–Kier alpha value is -0.110. The molecule has 1 rings (SSSR count). The molecular formula is C5H9NS. The summed E-state index contributed by atoms with van der Waals surface area (Å²) >= 11 is 3.97. The average Bonchev–Trinajstić information content (AvgIpc) is 2.17. The molecule has 0 spiro atoms. The minimum absolute atomic E-state index is 0.720. The molecule has 2 heteroatoms. The number of allylic oxidation sites excluding steroid dienone is 1. The summed E-state index contributed by atoms with van der Waals surface area (Å²) in [6.45, 7) is 2.15. The quantitative estimate of drug-likeness (QED) is 0.455. The summed E-state index contributed by atoms with van der Waals surface area (Å²) in [7, 11) is 0. The van der Waals surface area contributed by atoms with Crippen LogP contribution in [0.25, 0.3) is 0 Å². The largest absolute Gasteiger partial charge is 0.394 e. The second-order valence-corrected chi connectivity index (χ2v) is 2.50. The first-order chi connectivity index (χ1) is 3.22. The predicted octanol–water partition coefficient (Wildman–Crippen LogP) is 1.13. The van der Waals surface area contributed by atoms with E-state index in [0.717, 1.165) is 17.4 Å². The lowest BCUT2D eigenvalue weighted by molar-refractivity contribution is 1.02. The van der Waals surface area contributed by atoms with Gasteiger partial charge in [-0.3, -0.25) is 0 Å². The molecule has 0 amide bonds. The van der Waals surface area contributed by atoms with Gasteiger partial charge in [0.1, 0.15) is 0 Å². The van der Waals surface area contributed by atoms with Gasteiger partial charge in [0.25, 0.3) is 0 Å². The molecular weight excluding hydrogens is 106 g/mol. The van der Waals surface area contributed by atoms with E-state index in [0.29, 0.717) is 0 Å². The van der Waals surface area contributed by atoms with Crippen LogP contribution in [0.2, 0.25) is 0 Å². The Morgan fingerprint density at radius 1 is 2.00 bits per heavy atom. The van der Waals surface area contributed by atoms with Gasteiger partial charge >= 0.3 is 0 Å². The van der Waals surface area contributed by atoms with Gasteiger partial charge < -0.3 is 5.73 Å². The number of nitrogens with two attached hydrogens (primary N) is 1. The zero-order chi connectivity index (χ0) is 5.44.